The molecular weight excluding hydrogens is 474 g/mol. The van der Waals surface area contributed by atoms with Crippen molar-refractivity contribution in [1.29, 1.82) is 0 Å². The van der Waals surface area contributed by atoms with Crippen molar-refractivity contribution in [1.82, 2.24) is 10.2 Å². The molecule has 0 saturated carbocycles. The third-order valence-electron chi connectivity index (χ3n) is 5.16. The Morgan fingerprint density at radius 2 is 1.65 bits per heavy atom. The molecule has 0 aliphatic heterocycles. The Bertz CT molecular complexity index is 1110. The van der Waals surface area contributed by atoms with E-state index < -0.39 is 34.1 Å². The minimum Gasteiger partial charge on any atom is -0.350 e. The summed E-state index contributed by atoms with van der Waals surface area (Å²) in [4.78, 5) is 28.2. The van der Waals surface area contributed by atoms with E-state index in [0.29, 0.717) is 6.42 Å². The number of halogens is 1. The first-order chi connectivity index (χ1) is 15.7. The molecule has 9 heteroatoms. The summed E-state index contributed by atoms with van der Waals surface area (Å²) in [5, 5.41) is 3.15. The van der Waals surface area contributed by atoms with E-state index in [4.69, 9.17) is 11.6 Å². The monoisotopic (exact) mass is 507 g/mol. The lowest BCUT2D eigenvalue weighted by Crippen LogP contribution is -2.55. The molecule has 34 heavy (non-hydrogen) atoms. The van der Waals surface area contributed by atoms with Gasteiger partial charge in [-0.05, 0) is 51.8 Å². The zero-order valence-electron chi connectivity index (χ0n) is 20.6. The molecule has 0 unspecified atom stereocenters. The fraction of sp³-hybridized carbons (Fsp3) is 0.440. The first-order valence-corrected chi connectivity index (χ1v) is 13.3. The number of carbonyl (C=O) groups is 2. The molecule has 0 aromatic heterocycles. The molecule has 186 valence electrons. The molecule has 0 fully saturated rings. The van der Waals surface area contributed by atoms with Crippen LogP contribution in [0.15, 0.2) is 48.5 Å². The van der Waals surface area contributed by atoms with Gasteiger partial charge < -0.3 is 10.2 Å². The molecule has 1 N–H and O–H groups in total. The Kier molecular flexibility index (Phi) is 9.14. The van der Waals surface area contributed by atoms with E-state index in [-0.39, 0.29) is 23.2 Å². The van der Waals surface area contributed by atoms with Gasteiger partial charge in [0, 0.05) is 12.1 Å². The van der Waals surface area contributed by atoms with Crippen LogP contribution >= 0.6 is 11.6 Å². The predicted octanol–water partition coefficient (Wildman–Crippen LogP) is 4.14. The summed E-state index contributed by atoms with van der Waals surface area (Å²) in [6, 6.07) is 13.3. The summed E-state index contributed by atoms with van der Waals surface area (Å²) in [6.07, 6.45) is 1.39. The van der Waals surface area contributed by atoms with E-state index in [9.17, 15) is 18.0 Å². The van der Waals surface area contributed by atoms with Crippen molar-refractivity contribution < 1.29 is 18.0 Å². The highest BCUT2D eigenvalue weighted by molar-refractivity contribution is 7.92. The summed E-state index contributed by atoms with van der Waals surface area (Å²) in [5.41, 5.74) is 1.63. The van der Waals surface area contributed by atoms with E-state index >= 15 is 0 Å². The number of aryl methyl sites for hydroxylation is 1. The smallest absolute Gasteiger partial charge is 0.244 e. The minimum atomic E-state index is -3.83. The van der Waals surface area contributed by atoms with Crippen molar-refractivity contribution in [2.24, 2.45) is 0 Å². The molecule has 2 amide bonds. The Labute approximate surface area is 208 Å². The summed E-state index contributed by atoms with van der Waals surface area (Å²) in [5.74, 6) is -0.791. The van der Waals surface area contributed by atoms with Crippen LogP contribution in [-0.2, 0) is 26.2 Å². The SMILES string of the molecule is CC[C@@H](C(=O)NC(C)(C)C)N(Cc1ccc(C)cc1)C(=O)CN(c1ccccc1Cl)S(C)(=O)=O. The molecule has 0 bridgehead atoms. The third-order valence-corrected chi connectivity index (χ3v) is 6.60. The molecule has 0 radical (unpaired) electrons. The van der Waals surface area contributed by atoms with Gasteiger partial charge in [-0.3, -0.25) is 13.9 Å². The molecule has 0 aliphatic rings. The zero-order chi connectivity index (χ0) is 25.7. The van der Waals surface area contributed by atoms with Gasteiger partial charge in [-0.25, -0.2) is 8.42 Å². The average molecular weight is 508 g/mol. The van der Waals surface area contributed by atoms with Crippen molar-refractivity contribution in [3.63, 3.8) is 0 Å². The summed E-state index contributed by atoms with van der Waals surface area (Å²) in [6.45, 7) is 9.07. The number of para-hydroxylation sites is 1. The second-order valence-electron chi connectivity index (χ2n) is 9.39. The van der Waals surface area contributed by atoms with E-state index in [2.05, 4.69) is 5.32 Å². The molecule has 1 atom stereocenters. The van der Waals surface area contributed by atoms with Gasteiger partial charge in [0.15, 0.2) is 0 Å². The van der Waals surface area contributed by atoms with Crippen LogP contribution < -0.4 is 9.62 Å². The molecular formula is C25H34ClN3O4S. The van der Waals surface area contributed by atoms with Crippen LogP contribution in [0.5, 0.6) is 0 Å². The summed E-state index contributed by atoms with van der Waals surface area (Å²) < 4.78 is 26.2. The van der Waals surface area contributed by atoms with Crippen molar-refractivity contribution in [2.75, 3.05) is 17.1 Å². The number of carbonyl (C=O) groups excluding carboxylic acids is 2. The number of nitrogens with zero attached hydrogens (tertiary/aromatic N) is 2. The Morgan fingerprint density at radius 3 is 2.15 bits per heavy atom. The molecule has 2 aromatic carbocycles. The van der Waals surface area contributed by atoms with Crippen molar-refractivity contribution >= 4 is 39.1 Å². The summed E-state index contributed by atoms with van der Waals surface area (Å²) in [7, 11) is -3.83. The number of sulfonamides is 1. The number of rotatable bonds is 9. The number of anilines is 1. The Balaban J connectivity index is 2.46. The van der Waals surface area contributed by atoms with Crippen LogP contribution in [0.4, 0.5) is 5.69 Å². The topological polar surface area (TPSA) is 86.8 Å². The largest absolute Gasteiger partial charge is 0.350 e. The Hall–Kier alpha value is -2.58. The normalized spacial score (nSPS) is 12.7. The van der Waals surface area contributed by atoms with Crippen LogP contribution in [0.1, 0.15) is 45.2 Å². The van der Waals surface area contributed by atoms with E-state index in [1.54, 1.807) is 24.3 Å². The van der Waals surface area contributed by atoms with Crippen molar-refractivity contribution in [2.45, 2.75) is 59.2 Å². The standard InChI is InChI=1S/C25H34ClN3O4S/c1-7-21(24(31)27-25(3,4)5)28(16-19-14-12-18(2)13-15-19)23(30)17-29(34(6,32)33)22-11-9-8-10-20(22)26/h8-15,21H,7,16-17H2,1-6H3,(H,27,31)/t21-/m0/s1. The zero-order valence-corrected chi connectivity index (χ0v) is 22.2. The number of amides is 2. The van der Waals surface area contributed by atoms with E-state index in [1.807, 2.05) is 58.9 Å². The molecule has 2 rings (SSSR count). The second-order valence-corrected chi connectivity index (χ2v) is 11.7. The van der Waals surface area contributed by atoms with Crippen LogP contribution in [0, 0.1) is 6.92 Å². The van der Waals surface area contributed by atoms with Gasteiger partial charge in [0.2, 0.25) is 21.8 Å². The van der Waals surface area contributed by atoms with E-state index in [1.165, 1.54) is 4.90 Å². The number of hydrogen-bond acceptors (Lipinski definition) is 4. The Morgan fingerprint density at radius 1 is 1.06 bits per heavy atom. The van der Waals surface area contributed by atoms with Crippen molar-refractivity contribution in [3.8, 4) is 0 Å². The van der Waals surface area contributed by atoms with Gasteiger partial charge in [-0.2, -0.15) is 0 Å². The fourth-order valence-corrected chi connectivity index (χ4v) is 4.66. The minimum absolute atomic E-state index is 0.162. The van der Waals surface area contributed by atoms with Gasteiger partial charge in [0.25, 0.3) is 0 Å². The number of nitrogens with one attached hydrogen (secondary N) is 1. The molecule has 2 aromatic rings. The van der Waals surface area contributed by atoms with Gasteiger partial charge in [-0.15, -0.1) is 0 Å². The van der Waals surface area contributed by atoms with Crippen LogP contribution in [0.3, 0.4) is 0 Å². The second kappa shape index (κ2) is 11.2. The molecule has 7 nitrogen and oxygen atoms in total. The molecule has 0 spiro atoms. The summed E-state index contributed by atoms with van der Waals surface area (Å²) >= 11 is 6.25. The predicted molar refractivity (Wildman–Crippen MR) is 137 cm³/mol. The van der Waals surface area contributed by atoms with Gasteiger partial charge in [0.1, 0.15) is 12.6 Å². The highest BCUT2D eigenvalue weighted by atomic mass is 35.5. The lowest BCUT2D eigenvalue weighted by Gasteiger charge is -2.34. The maximum Gasteiger partial charge on any atom is 0.244 e. The lowest BCUT2D eigenvalue weighted by atomic mass is 10.1. The fourth-order valence-electron chi connectivity index (χ4n) is 3.51. The van der Waals surface area contributed by atoms with E-state index in [0.717, 1.165) is 21.7 Å². The molecule has 0 aliphatic carbocycles. The van der Waals surface area contributed by atoms with Crippen LogP contribution in [-0.4, -0.2) is 49.5 Å². The highest BCUT2D eigenvalue weighted by Gasteiger charge is 2.33. The van der Waals surface area contributed by atoms with Gasteiger partial charge in [-0.1, -0.05) is 60.5 Å². The first-order valence-electron chi connectivity index (χ1n) is 11.1. The van der Waals surface area contributed by atoms with Crippen LogP contribution in [0.2, 0.25) is 5.02 Å². The maximum absolute atomic E-state index is 13.6. The quantitative estimate of drug-likeness (QED) is 0.552. The molecule has 0 heterocycles. The third kappa shape index (κ3) is 7.74. The number of benzene rings is 2. The first kappa shape index (κ1) is 27.7. The molecule has 0 saturated heterocycles. The number of hydrogen-bond donors (Lipinski definition) is 1. The highest BCUT2D eigenvalue weighted by Crippen LogP contribution is 2.27. The van der Waals surface area contributed by atoms with Crippen LogP contribution in [0.25, 0.3) is 0 Å². The van der Waals surface area contributed by atoms with Crippen molar-refractivity contribution in [3.05, 3.63) is 64.7 Å². The average Bonchev–Trinajstić information content (AvgIpc) is 2.71. The van der Waals surface area contributed by atoms with Gasteiger partial charge in [0.05, 0.1) is 17.0 Å². The van der Waals surface area contributed by atoms with Gasteiger partial charge >= 0.3 is 0 Å². The maximum atomic E-state index is 13.6. The lowest BCUT2D eigenvalue weighted by molar-refractivity contribution is -0.141.